The van der Waals surface area contributed by atoms with Crippen molar-refractivity contribution in [1.29, 1.82) is 0 Å². The number of amides is 2. The number of primary amides is 1. The smallest absolute Gasteiger partial charge is 0.238 e. The zero-order chi connectivity index (χ0) is 23.0. The molecule has 1 aliphatic rings. The molecule has 3 aromatic rings. The lowest BCUT2D eigenvalue weighted by molar-refractivity contribution is -0.127. The molecule has 2 heterocycles. The number of hydrogen-bond donors (Lipinski definition) is 2. The summed E-state index contributed by atoms with van der Waals surface area (Å²) in [6.45, 7) is 2.69. The first-order chi connectivity index (χ1) is 16.1. The van der Waals surface area contributed by atoms with E-state index in [0.717, 1.165) is 13.1 Å². The summed E-state index contributed by atoms with van der Waals surface area (Å²) < 4.78 is 5.71. The minimum Gasteiger partial charge on any atom is -0.456 e. The average molecular weight is 446 g/mol. The second-order valence-electron chi connectivity index (χ2n) is 7.97. The monoisotopic (exact) mass is 445 g/mol. The van der Waals surface area contributed by atoms with Crippen LogP contribution in [0, 0.1) is 0 Å². The third-order valence-electron chi connectivity index (χ3n) is 5.51. The van der Waals surface area contributed by atoms with Crippen molar-refractivity contribution < 1.29 is 14.3 Å². The Morgan fingerprint density at radius 3 is 2.48 bits per heavy atom. The number of rotatable bonds is 8. The van der Waals surface area contributed by atoms with Crippen molar-refractivity contribution in [3.8, 4) is 11.5 Å². The van der Waals surface area contributed by atoms with Crippen LogP contribution in [0.5, 0.6) is 11.5 Å². The van der Waals surface area contributed by atoms with Crippen LogP contribution in [0.3, 0.4) is 0 Å². The van der Waals surface area contributed by atoms with Gasteiger partial charge >= 0.3 is 0 Å². The second kappa shape index (κ2) is 10.7. The highest BCUT2D eigenvalue weighted by Gasteiger charge is 2.32. The summed E-state index contributed by atoms with van der Waals surface area (Å²) >= 11 is 0. The maximum Gasteiger partial charge on any atom is 0.238 e. The standard InChI is InChI=1S/C25H27N5O3/c26-25(32)23-17-29(16-19-5-2-1-3-6-19)13-14-30(23)18-24(31)28-20-8-10-21(11-9-20)33-22-7-4-12-27-15-22/h1-12,15,23H,13-14,16-18H2,(H2,26,32)(H,28,31). The number of nitrogens with zero attached hydrogens (tertiary/aromatic N) is 3. The molecule has 1 fully saturated rings. The number of nitrogens with two attached hydrogens (primary N) is 1. The molecular formula is C25H27N5O3. The van der Waals surface area contributed by atoms with Crippen molar-refractivity contribution in [2.45, 2.75) is 12.6 Å². The van der Waals surface area contributed by atoms with Gasteiger partial charge in [-0.05, 0) is 42.0 Å². The fourth-order valence-corrected chi connectivity index (χ4v) is 3.86. The number of pyridine rings is 1. The molecule has 1 aromatic heterocycles. The van der Waals surface area contributed by atoms with Crippen LogP contribution in [-0.2, 0) is 16.1 Å². The number of ether oxygens (including phenoxy) is 1. The van der Waals surface area contributed by atoms with Gasteiger partial charge in [0.2, 0.25) is 11.8 Å². The molecule has 2 amide bonds. The topological polar surface area (TPSA) is 101 Å². The summed E-state index contributed by atoms with van der Waals surface area (Å²) in [4.78, 5) is 32.8. The van der Waals surface area contributed by atoms with E-state index >= 15 is 0 Å². The Kier molecular flexibility index (Phi) is 7.29. The largest absolute Gasteiger partial charge is 0.456 e. The number of piperazine rings is 1. The molecule has 1 unspecified atom stereocenters. The lowest BCUT2D eigenvalue weighted by Crippen LogP contribution is -2.59. The number of nitrogens with one attached hydrogen (secondary N) is 1. The molecule has 8 nitrogen and oxygen atoms in total. The molecule has 33 heavy (non-hydrogen) atoms. The van der Waals surface area contributed by atoms with Crippen LogP contribution in [0.4, 0.5) is 5.69 Å². The summed E-state index contributed by atoms with van der Waals surface area (Å²) in [7, 11) is 0. The SMILES string of the molecule is NC(=O)C1CN(Cc2ccccc2)CCN1CC(=O)Nc1ccc(Oc2cccnc2)cc1. The van der Waals surface area contributed by atoms with Gasteiger partial charge in [-0.3, -0.25) is 24.4 Å². The summed E-state index contributed by atoms with van der Waals surface area (Å²) in [6.07, 6.45) is 3.31. The molecule has 1 aliphatic heterocycles. The van der Waals surface area contributed by atoms with Crippen LogP contribution in [-0.4, -0.2) is 58.8 Å². The molecule has 1 saturated heterocycles. The maximum absolute atomic E-state index is 12.6. The van der Waals surface area contributed by atoms with Crippen molar-refractivity contribution in [3.05, 3.63) is 84.7 Å². The number of carbonyl (C=O) groups is 2. The summed E-state index contributed by atoms with van der Waals surface area (Å²) in [6, 6.07) is 20.3. The van der Waals surface area contributed by atoms with Crippen molar-refractivity contribution in [1.82, 2.24) is 14.8 Å². The quantitative estimate of drug-likeness (QED) is 0.553. The van der Waals surface area contributed by atoms with E-state index in [2.05, 4.69) is 27.3 Å². The van der Waals surface area contributed by atoms with Crippen LogP contribution in [0.2, 0.25) is 0 Å². The maximum atomic E-state index is 12.6. The minimum absolute atomic E-state index is 0.0979. The zero-order valence-corrected chi connectivity index (χ0v) is 18.3. The number of anilines is 1. The van der Waals surface area contributed by atoms with Crippen molar-refractivity contribution >= 4 is 17.5 Å². The lowest BCUT2D eigenvalue weighted by Gasteiger charge is -2.39. The first kappa shape index (κ1) is 22.4. The zero-order valence-electron chi connectivity index (χ0n) is 18.3. The molecule has 1 atom stereocenters. The van der Waals surface area contributed by atoms with Gasteiger partial charge in [-0.2, -0.15) is 0 Å². The molecule has 0 bridgehead atoms. The highest BCUT2D eigenvalue weighted by Crippen LogP contribution is 2.22. The Bertz CT molecular complexity index is 1060. The molecule has 170 valence electrons. The molecule has 0 aliphatic carbocycles. The molecule has 4 rings (SSSR count). The molecule has 0 saturated carbocycles. The third kappa shape index (κ3) is 6.38. The van der Waals surface area contributed by atoms with Crippen LogP contribution in [0.25, 0.3) is 0 Å². The minimum atomic E-state index is -0.511. The Balaban J connectivity index is 1.30. The normalized spacial score (nSPS) is 16.8. The predicted octanol–water partition coefficient (Wildman–Crippen LogP) is 2.48. The van der Waals surface area contributed by atoms with Crippen LogP contribution >= 0.6 is 0 Å². The fraction of sp³-hybridized carbons (Fsp3) is 0.240. The molecular weight excluding hydrogens is 418 g/mol. The first-order valence-corrected chi connectivity index (χ1v) is 10.8. The molecule has 8 heteroatoms. The third-order valence-corrected chi connectivity index (χ3v) is 5.51. The number of hydrogen-bond acceptors (Lipinski definition) is 6. The van der Waals surface area contributed by atoms with E-state index in [0.29, 0.717) is 30.3 Å². The highest BCUT2D eigenvalue weighted by molar-refractivity contribution is 5.93. The van der Waals surface area contributed by atoms with E-state index < -0.39 is 11.9 Å². The Morgan fingerprint density at radius 2 is 1.79 bits per heavy atom. The van der Waals surface area contributed by atoms with Crippen LogP contribution in [0.1, 0.15) is 5.56 Å². The van der Waals surface area contributed by atoms with E-state index in [4.69, 9.17) is 10.5 Å². The van der Waals surface area contributed by atoms with E-state index in [1.807, 2.05) is 29.2 Å². The van der Waals surface area contributed by atoms with Crippen molar-refractivity contribution in [2.75, 3.05) is 31.5 Å². The lowest BCUT2D eigenvalue weighted by atomic mass is 10.1. The molecule has 0 spiro atoms. The average Bonchev–Trinajstić information content (AvgIpc) is 2.82. The fourth-order valence-electron chi connectivity index (χ4n) is 3.86. The van der Waals surface area contributed by atoms with E-state index in [-0.39, 0.29) is 12.5 Å². The molecule has 0 radical (unpaired) electrons. The van der Waals surface area contributed by atoms with Gasteiger partial charge in [-0.25, -0.2) is 0 Å². The van der Waals surface area contributed by atoms with Crippen LogP contribution < -0.4 is 15.8 Å². The second-order valence-corrected chi connectivity index (χ2v) is 7.97. The van der Waals surface area contributed by atoms with Crippen LogP contribution in [0.15, 0.2) is 79.1 Å². The number of carbonyl (C=O) groups excluding carboxylic acids is 2. The van der Waals surface area contributed by atoms with Gasteiger partial charge in [0, 0.05) is 38.1 Å². The number of benzene rings is 2. The Labute approximate surface area is 193 Å². The van der Waals surface area contributed by atoms with Gasteiger partial charge in [-0.1, -0.05) is 30.3 Å². The van der Waals surface area contributed by atoms with E-state index in [1.54, 1.807) is 42.7 Å². The summed E-state index contributed by atoms with van der Waals surface area (Å²) in [5.41, 5.74) is 7.50. The van der Waals surface area contributed by atoms with E-state index in [1.165, 1.54) is 5.56 Å². The summed E-state index contributed by atoms with van der Waals surface area (Å²) in [5.74, 6) is 0.665. The molecule has 2 aromatic carbocycles. The van der Waals surface area contributed by atoms with Gasteiger partial charge in [0.1, 0.15) is 17.5 Å². The highest BCUT2D eigenvalue weighted by atomic mass is 16.5. The van der Waals surface area contributed by atoms with Gasteiger partial charge in [0.15, 0.2) is 0 Å². The van der Waals surface area contributed by atoms with E-state index in [9.17, 15) is 9.59 Å². The van der Waals surface area contributed by atoms with Crippen molar-refractivity contribution in [2.24, 2.45) is 5.73 Å². The predicted molar refractivity (Wildman–Crippen MR) is 126 cm³/mol. The number of aromatic nitrogens is 1. The first-order valence-electron chi connectivity index (χ1n) is 10.8. The van der Waals surface area contributed by atoms with Gasteiger partial charge in [0.05, 0.1) is 12.7 Å². The molecule has 3 N–H and O–H groups in total. The van der Waals surface area contributed by atoms with Gasteiger partial charge in [-0.15, -0.1) is 0 Å². The Hall–Kier alpha value is -3.75. The van der Waals surface area contributed by atoms with Crippen molar-refractivity contribution in [3.63, 3.8) is 0 Å². The van der Waals surface area contributed by atoms with Gasteiger partial charge < -0.3 is 15.8 Å². The Morgan fingerprint density at radius 1 is 1.00 bits per heavy atom. The van der Waals surface area contributed by atoms with Gasteiger partial charge in [0.25, 0.3) is 0 Å². The summed E-state index contributed by atoms with van der Waals surface area (Å²) in [5, 5.41) is 2.88.